The van der Waals surface area contributed by atoms with Gasteiger partial charge in [-0.15, -0.1) is 11.3 Å². The van der Waals surface area contributed by atoms with Gasteiger partial charge < -0.3 is 4.74 Å². The number of hydrogen-bond donors (Lipinski definition) is 0. The highest BCUT2D eigenvalue weighted by atomic mass is 35.5. The van der Waals surface area contributed by atoms with Crippen LogP contribution in [-0.4, -0.2) is 35.5 Å². The third-order valence-corrected chi connectivity index (χ3v) is 5.04. The molecule has 0 amide bonds. The Morgan fingerprint density at radius 1 is 1.52 bits per heavy atom. The second-order valence-electron chi connectivity index (χ2n) is 5.27. The number of hydrogen-bond acceptors (Lipinski definition) is 5. The zero-order valence-corrected chi connectivity index (χ0v) is 13.4. The summed E-state index contributed by atoms with van der Waals surface area (Å²) >= 11 is 7.43. The number of aromatic nitrogens is 1. The molecule has 1 saturated heterocycles. The summed E-state index contributed by atoms with van der Waals surface area (Å²) in [5, 5.41) is 0. The molecule has 2 heterocycles. The van der Waals surface area contributed by atoms with Crippen LogP contribution < -0.4 is 0 Å². The number of rotatable bonds is 3. The fourth-order valence-corrected chi connectivity index (χ4v) is 3.87. The molecule has 0 saturated carbocycles. The van der Waals surface area contributed by atoms with E-state index >= 15 is 0 Å². The van der Waals surface area contributed by atoms with Gasteiger partial charge in [-0.1, -0.05) is 24.1 Å². The van der Waals surface area contributed by atoms with Crippen molar-refractivity contribution in [3.8, 4) is 0 Å². The highest BCUT2D eigenvalue weighted by molar-refractivity contribution is 7.22. The second kappa shape index (κ2) is 6.30. The Kier molecular flexibility index (Phi) is 4.42. The number of thiazole rings is 1. The smallest absolute Gasteiger partial charge is 0.323 e. The Bertz CT molecular complexity index is 658. The van der Waals surface area contributed by atoms with Crippen molar-refractivity contribution in [3.05, 3.63) is 28.2 Å². The molecule has 1 fully saturated rings. The summed E-state index contributed by atoms with van der Waals surface area (Å²) in [5.74, 6) is -0.132. The van der Waals surface area contributed by atoms with Crippen molar-refractivity contribution in [2.45, 2.75) is 31.8 Å². The number of esters is 1. The van der Waals surface area contributed by atoms with E-state index in [1.807, 2.05) is 6.07 Å². The SMILES string of the molecule is COC(=O)[C@@H]1CCCCN1Cc1ccc2sc(Cl)nc2c1. The van der Waals surface area contributed by atoms with Crippen LogP contribution in [0.25, 0.3) is 10.2 Å². The number of methoxy groups -OCH3 is 1. The fraction of sp³-hybridized carbons (Fsp3) is 0.467. The molecule has 1 aliphatic heterocycles. The Morgan fingerprint density at radius 3 is 3.19 bits per heavy atom. The minimum atomic E-state index is -0.132. The summed E-state index contributed by atoms with van der Waals surface area (Å²) in [5.41, 5.74) is 2.08. The van der Waals surface area contributed by atoms with Gasteiger partial charge in [-0.25, -0.2) is 4.98 Å². The molecule has 0 N–H and O–H groups in total. The quantitative estimate of drug-likeness (QED) is 0.811. The van der Waals surface area contributed by atoms with Gasteiger partial charge >= 0.3 is 5.97 Å². The molecule has 0 bridgehead atoms. The molecule has 0 aliphatic carbocycles. The molecule has 0 radical (unpaired) electrons. The van der Waals surface area contributed by atoms with Gasteiger partial charge in [0.15, 0.2) is 4.47 Å². The molecule has 1 aromatic carbocycles. The van der Waals surface area contributed by atoms with Crippen LogP contribution in [-0.2, 0) is 16.1 Å². The Labute approximate surface area is 132 Å². The summed E-state index contributed by atoms with van der Waals surface area (Å²) < 4.78 is 6.57. The third-order valence-electron chi connectivity index (χ3n) is 3.90. The van der Waals surface area contributed by atoms with Crippen LogP contribution in [0.1, 0.15) is 24.8 Å². The lowest BCUT2D eigenvalue weighted by Gasteiger charge is -2.33. The standard InChI is InChI=1S/C15H17ClN2O2S/c1-20-14(19)12-4-2-3-7-18(12)9-10-5-6-13-11(8-10)17-15(16)21-13/h5-6,8,12H,2-4,7,9H2,1H3/t12-/m0/s1. The van der Waals surface area contributed by atoms with Crippen LogP contribution in [0, 0.1) is 0 Å². The molecule has 1 aliphatic rings. The lowest BCUT2D eigenvalue weighted by atomic mass is 10.0. The van der Waals surface area contributed by atoms with Gasteiger partial charge in [0.25, 0.3) is 0 Å². The number of piperidine rings is 1. The number of carbonyl (C=O) groups is 1. The number of likely N-dealkylation sites (tertiary alicyclic amines) is 1. The van der Waals surface area contributed by atoms with Crippen molar-refractivity contribution < 1.29 is 9.53 Å². The molecule has 0 unspecified atom stereocenters. The van der Waals surface area contributed by atoms with Crippen LogP contribution >= 0.6 is 22.9 Å². The molecule has 21 heavy (non-hydrogen) atoms. The van der Waals surface area contributed by atoms with E-state index in [1.165, 1.54) is 18.4 Å². The molecular formula is C15H17ClN2O2S. The Hall–Kier alpha value is -1.17. The van der Waals surface area contributed by atoms with Gasteiger partial charge in [-0.05, 0) is 37.1 Å². The summed E-state index contributed by atoms with van der Waals surface area (Å²) in [6.45, 7) is 1.67. The van der Waals surface area contributed by atoms with Gasteiger partial charge in [0.1, 0.15) is 6.04 Å². The second-order valence-corrected chi connectivity index (χ2v) is 6.89. The minimum absolute atomic E-state index is 0.126. The first-order valence-electron chi connectivity index (χ1n) is 7.04. The highest BCUT2D eigenvalue weighted by Gasteiger charge is 2.29. The highest BCUT2D eigenvalue weighted by Crippen LogP contribution is 2.27. The van der Waals surface area contributed by atoms with Crippen molar-refractivity contribution >= 4 is 39.1 Å². The Morgan fingerprint density at radius 2 is 2.38 bits per heavy atom. The molecule has 1 aromatic heterocycles. The molecule has 3 rings (SSSR count). The zero-order chi connectivity index (χ0) is 14.8. The van der Waals surface area contributed by atoms with E-state index in [0.717, 1.165) is 48.1 Å². The van der Waals surface area contributed by atoms with Crippen LogP contribution in [0.15, 0.2) is 18.2 Å². The maximum absolute atomic E-state index is 11.9. The third kappa shape index (κ3) is 3.20. The van der Waals surface area contributed by atoms with Crippen LogP contribution in [0.4, 0.5) is 0 Å². The van der Waals surface area contributed by atoms with E-state index in [1.54, 1.807) is 0 Å². The van der Waals surface area contributed by atoms with E-state index in [0.29, 0.717) is 4.47 Å². The summed E-state index contributed by atoms with van der Waals surface area (Å²) in [7, 11) is 1.46. The number of fused-ring (bicyclic) bond motifs is 1. The van der Waals surface area contributed by atoms with Crippen molar-refractivity contribution in [1.82, 2.24) is 9.88 Å². The van der Waals surface area contributed by atoms with Gasteiger partial charge in [-0.2, -0.15) is 0 Å². The lowest BCUT2D eigenvalue weighted by molar-refractivity contribution is -0.148. The molecule has 1 atom stereocenters. The summed E-state index contributed by atoms with van der Waals surface area (Å²) in [4.78, 5) is 18.4. The van der Waals surface area contributed by atoms with E-state index in [-0.39, 0.29) is 12.0 Å². The van der Waals surface area contributed by atoms with E-state index in [9.17, 15) is 4.79 Å². The molecule has 6 heteroatoms. The van der Waals surface area contributed by atoms with Crippen LogP contribution in [0.5, 0.6) is 0 Å². The number of halogens is 1. The first kappa shape index (κ1) is 14.8. The predicted molar refractivity (Wildman–Crippen MR) is 84.7 cm³/mol. The lowest BCUT2D eigenvalue weighted by Crippen LogP contribution is -2.44. The van der Waals surface area contributed by atoms with Crippen LogP contribution in [0.3, 0.4) is 0 Å². The van der Waals surface area contributed by atoms with Crippen molar-refractivity contribution in [3.63, 3.8) is 0 Å². The average Bonchev–Trinajstić information content (AvgIpc) is 2.86. The first-order valence-corrected chi connectivity index (χ1v) is 8.23. The van der Waals surface area contributed by atoms with Crippen molar-refractivity contribution in [1.29, 1.82) is 0 Å². The van der Waals surface area contributed by atoms with E-state index in [2.05, 4.69) is 22.0 Å². The van der Waals surface area contributed by atoms with Gasteiger partial charge in [0.2, 0.25) is 0 Å². The Balaban J connectivity index is 1.80. The molecule has 0 spiro atoms. The predicted octanol–water partition coefficient (Wildman–Crippen LogP) is 3.48. The van der Waals surface area contributed by atoms with Gasteiger partial charge in [-0.3, -0.25) is 9.69 Å². The average molecular weight is 325 g/mol. The topological polar surface area (TPSA) is 42.4 Å². The maximum Gasteiger partial charge on any atom is 0.323 e. The van der Waals surface area contributed by atoms with Crippen LogP contribution in [0.2, 0.25) is 4.47 Å². The van der Waals surface area contributed by atoms with Gasteiger partial charge in [0.05, 0.1) is 17.3 Å². The van der Waals surface area contributed by atoms with Crippen molar-refractivity contribution in [2.75, 3.05) is 13.7 Å². The van der Waals surface area contributed by atoms with Crippen molar-refractivity contribution in [2.24, 2.45) is 0 Å². The first-order chi connectivity index (χ1) is 10.2. The zero-order valence-electron chi connectivity index (χ0n) is 11.8. The van der Waals surface area contributed by atoms with Gasteiger partial charge in [0, 0.05) is 6.54 Å². The van der Waals surface area contributed by atoms with E-state index in [4.69, 9.17) is 16.3 Å². The number of nitrogens with zero attached hydrogens (tertiary/aromatic N) is 2. The molecule has 2 aromatic rings. The van der Waals surface area contributed by atoms with E-state index < -0.39 is 0 Å². The summed E-state index contributed by atoms with van der Waals surface area (Å²) in [6.07, 6.45) is 3.08. The molecular weight excluding hydrogens is 308 g/mol. The normalized spacial score (nSPS) is 19.8. The summed E-state index contributed by atoms with van der Waals surface area (Å²) in [6, 6.07) is 6.06. The maximum atomic E-state index is 11.9. The molecule has 112 valence electrons. The largest absolute Gasteiger partial charge is 0.468 e. The monoisotopic (exact) mass is 324 g/mol. The number of carbonyl (C=O) groups excluding carboxylic acids is 1. The molecule has 4 nitrogen and oxygen atoms in total. The fourth-order valence-electron chi connectivity index (χ4n) is 2.86. The number of ether oxygens (including phenoxy) is 1. The number of benzene rings is 1. The minimum Gasteiger partial charge on any atom is -0.468 e.